The quantitative estimate of drug-likeness (QED) is 0.191. The number of aromatic carboxylic acids is 1. The van der Waals surface area contributed by atoms with Crippen LogP contribution in [0.3, 0.4) is 0 Å². The fraction of sp³-hybridized carbons (Fsp3) is 0.100. The van der Waals surface area contributed by atoms with Crippen molar-refractivity contribution >= 4 is 149 Å². The number of fused-ring (bicyclic) bond motifs is 2. The number of ether oxygens (including phenoxy) is 1. The summed E-state index contributed by atoms with van der Waals surface area (Å²) in [6.07, 6.45) is 1.67. The SMILES string of the molecule is O=C1C(I)=CC2C(=C1I)Oc1c(cc(I)c([O-])c1I)C2c1c(Cl)c(Cl)c(Cl)c(Cl)c1C(=O)[O-].[Na+].[Na+]. The maximum absolute atomic E-state index is 12.7. The number of carbonyl (C=O) groups is 2. The van der Waals surface area contributed by atoms with Gasteiger partial charge in [-0.15, -0.1) is 0 Å². The summed E-state index contributed by atoms with van der Waals surface area (Å²) in [5.41, 5.74) is 0.141. The van der Waals surface area contributed by atoms with Crippen LogP contribution < -0.4 is 74.1 Å². The smallest absolute Gasteiger partial charge is 0.871 e. The van der Waals surface area contributed by atoms with Gasteiger partial charge in [-0.1, -0.05) is 58.2 Å². The molecule has 1 aliphatic heterocycles. The fourth-order valence-electron chi connectivity index (χ4n) is 3.75. The Labute approximate surface area is 318 Å². The second kappa shape index (κ2) is 13.1. The summed E-state index contributed by atoms with van der Waals surface area (Å²) in [7, 11) is 0. The number of allylic oxidation sites excluding steroid dienone is 3. The largest absolute Gasteiger partial charge is 1.00 e. The van der Waals surface area contributed by atoms with Gasteiger partial charge in [0.2, 0.25) is 5.78 Å². The van der Waals surface area contributed by atoms with Crippen molar-refractivity contribution in [2.75, 3.05) is 0 Å². The summed E-state index contributed by atoms with van der Waals surface area (Å²) < 4.78 is 7.51. The Hall–Kier alpha value is 2.74. The molecule has 15 heteroatoms. The Balaban J connectivity index is 0.00000216. The first-order valence-corrected chi connectivity index (χ1v) is 14.5. The minimum atomic E-state index is -1.60. The van der Waals surface area contributed by atoms with Crippen molar-refractivity contribution in [1.82, 2.24) is 0 Å². The second-order valence-corrected chi connectivity index (χ2v) is 12.9. The van der Waals surface area contributed by atoms with Gasteiger partial charge in [0.25, 0.3) is 0 Å². The van der Waals surface area contributed by atoms with E-state index < -0.39 is 23.4 Å². The summed E-state index contributed by atoms with van der Waals surface area (Å²) in [5.74, 6) is -3.06. The van der Waals surface area contributed by atoms with E-state index in [1.54, 1.807) is 12.1 Å². The van der Waals surface area contributed by atoms with Crippen LogP contribution >= 0.6 is 137 Å². The minimum absolute atomic E-state index is 0. The predicted molar refractivity (Wildman–Crippen MR) is 156 cm³/mol. The third-order valence-electron chi connectivity index (χ3n) is 5.15. The Kier molecular flexibility index (Phi) is 12.8. The van der Waals surface area contributed by atoms with Crippen LogP contribution in [0.5, 0.6) is 11.5 Å². The summed E-state index contributed by atoms with van der Waals surface area (Å²) in [6.45, 7) is 0. The molecule has 0 radical (unpaired) electrons. The maximum Gasteiger partial charge on any atom is 1.00 e. The van der Waals surface area contributed by atoms with E-state index >= 15 is 0 Å². The number of hydrogen-bond donors (Lipinski definition) is 0. The number of halogens is 8. The molecule has 5 nitrogen and oxygen atoms in total. The Bertz CT molecular complexity index is 1370. The molecule has 2 aromatic rings. The zero-order chi connectivity index (χ0) is 24.5. The first-order chi connectivity index (χ1) is 15.4. The molecule has 0 N–H and O–H groups in total. The van der Waals surface area contributed by atoms with Gasteiger partial charge in [-0.2, -0.15) is 0 Å². The van der Waals surface area contributed by atoms with Crippen LogP contribution in [0.4, 0.5) is 0 Å². The van der Waals surface area contributed by atoms with E-state index in [-0.39, 0.29) is 111 Å². The molecule has 0 amide bonds. The van der Waals surface area contributed by atoms with E-state index in [2.05, 4.69) is 0 Å². The van der Waals surface area contributed by atoms with Crippen molar-refractivity contribution in [3.63, 3.8) is 0 Å². The Morgan fingerprint density at radius 3 is 2.11 bits per heavy atom. The van der Waals surface area contributed by atoms with Crippen molar-refractivity contribution in [2.45, 2.75) is 5.92 Å². The number of carbonyl (C=O) groups excluding carboxylic acids is 2. The molecule has 0 spiro atoms. The van der Waals surface area contributed by atoms with Crippen LogP contribution in [0.15, 0.2) is 25.1 Å². The van der Waals surface area contributed by atoms with E-state index in [4.69, 9.17) is 51.1 Å². The van der Waals surface area contributed by atoms with Gasteiger partial charge in [0.15, 0.2) is 0 Å². The molecule has 1 heterocycles. The summed E-state index contributed by atoms with van der Waals surface area (Å²) in [5, 5.41) is 24.1. The van der Waals surface area contributed by atoms with Crippen molar-refractivity contribution < 1.29 is 83.7 Å². The molecule has 1 aliphatic carbocycles. The van der Waals surface area contributed by atoms with Gasteiger partial charge < -0.3 is 19.7 Å². The van der Waals surface area contributed by atoms with Gasteiger partial charge in [0.05, 0.1) is 29.6 Å². The predicted octanol–water partition coefficient (Wildman–Crippen LogP) is 0.643. The first kappa shape index (κ1) is 33.9. The van der Waals surface area contributed by atoms with Crippen LogP contribution in [0.2, 0.25) is 20.1 Å². The number of hydrogen-bond acceptors (Lipinski definition) is 5. The molecule has 0 bridgehead atoms. The molecule has 2 unspecified atom stereocenters. The van der Waals surface area contributed by atoms with Crippen molar-refractivity contribution in [3.8, 4) is 11.5 Å². The molecule has 0 aromatic heterocycles. The van der Waals surface area contributed by atoms with Crippen LogP contribution in [0.1, 0.15) is 27.4 Å². The number of Topliss-reactive ketones (excluding diaryl/α,β-unsaturated/α-hetero) is 1. The molecule has 0 saturated carbocycles. The van der Waals surface area contributed by atoms with Crippen LogP contribution in [0.25, 0.3) is 0 Å². The molecule has 2 aliphatic rings. The summed E-state index contributed by atoms with van der Waals surface area (Å²) >= 11 is 32.9. The van der Waals surface area contributed by atoms with Crippen LogP contribution in [0, 0.1) is 13.1 Å². The maximum atomic E-state index is 12.7. The van der Waals surface area contributed by atoms with E-state index in [1.807, 2.05) is 90.4 Å². The molecule has 0 saturated heterocycles. The molecular formula is C20H4Cl4I4Na2O5. The molecule has 35 heavy (non-hydrogen) atoms. The Morgan fingerprint density at radius 2 is 1.54 bits per heavy atom. The van der Waals surface area contributed by atoms with Gasteiger partial charge in [-0.05, 0) is 102 Å². The molecular weight excluding hydrogens is 1020 g/mol. The molecule has 0 fully saturated rings. The molecule has 2 atom stereocenters. The summed E-state index contributed by atoms with van der Waals surface area (Å²) in [6, 6.07) is 1.61. The van der Waals surface area contributed by atoms with E-state index in [9.17, 15) is 19.8 Å². The number of benzene rings is 2. The van der Waals surface area contributed by atoms with Crippen LogP contribution in [-0.4, -0.2) is 11.8 Å². The fourth-order valence-corrected chi connectivity index (χ4v) is 8.58. The zero-order valence-electron chi connectivity index (χ0n) is 17.4. The topological polar surface area (TPSA) is 89.5 Å². The zero-order valence-corrected chi connectivity index (χ0v) is 33.0. The number of carboxylic acid groups (broad SMARTS) is 1. The van der Waals surface area contributed by atoms with Gasteiger partial charge in [-0.25, -0.2) is 0 Å². The van der Waals surface area contributed by atoms with Gasteiger partial charge >= 0.3 is 59.1 Å². The molecule has 2 aromatic carbocycles. The van der Waals surface area contributed by atoms with E-state index in [1.165, 1.54) is 0 Å². The second-order valence-electron chi connectivity index (χ2n) is 6.88. The first-order valence-electron chi connectivity index (χ1n) is 8.64. The van der Waals surface area contributed by atoms with Crippen molar-refractivity contribution in [1.29, 1.82) is 0 Å². The van der Waals surface area contributed by atoms with E-state index in [0.29, 0.717) is 16.3 Å². The van der Waals surface area contributed by atoms with E-state index in [0.717, 1.165) is 0 Å². The average Bonchev–Trinajstić information content (AvgIpc) is 2.76. The van der Waals surface area contributed by atoms with Crippen molar-refractivity contribution in [2.24, 2.45) is 5.92 Å². The normalized spacial score (nSPS) is 18.5. The number of ketones is 1. The monoisotopic (exact) mass is 1020 g/mol. The number of carboxylic acids is 1. The molecule has 172 valence electrons. The molecule has 4 rings (SSSR count). The van der Waals surface area contributed by atoms with Gasteiger partial charge in [0, 0.05) is 30.1 Å². The third-order valence-corrected chi connectivity index (χ3v) is 10.6. The number of rotatable bonds is 2. The van der Waals surface area contributed by atoms with Crippen LogP contribution in [-0.2, 0) is 4.79 Å². The van der Waals surface area contributed by atoms with Gasteiger partial charge in [0.1, 0.15) is 15.1 Å². The Morgan fingerprint density at radius 1 is 0.971 bits per heavy atom. The standard InChI is InChI=1S/C20H6Cl4I4O5.2Na/c21-10-8(9(20(31)32)11(22)13(24)12(10)23)7-3-1-5(25)16(29)14(27)18(3)33-19-4(7)2-6(26)17(30)15(19)28;;/h1-3,7,30H,(H,31,32);;/q;2*+1/p-2. The summed E-state index contributed by atoms with van der Waals surface area (Å²) in [4.78, 5) is 24.9. The average molecular weight is 1020 g/mol. The third kappa shape index (κ3) is 5.89. The van der Waals surface area contributed by atoms with Gasteiger partial charge in [-0.3, -0.25) is 4.79 Å². The minimum Gasteiger partial charge on any atom is -0.871 e. The van der Waals surface area contributed by atoms with Crippen molar-refractivity contribution in [3.05, 3.63) is 69.0 Å².